The Kier molecular flexibility index (Phi) is 5.14. The van der Waals surface area contributed by atoms with E-state index >= 15 is 0 Å². The third-order valence-corrected chi connectivity index (χ3v) is 4.28. The maximum absolute atomic E-state index is 12.9. The van der Waals surface area contributed by atoms with Crippen molar-refractivity contribution in [2.24, 2.45) is 0 Å². The van der Waals surface area contributed by atoms with Crippen molar-refractivity contribution in [1.29, 1.82) is 0 Å². The second kappa shape index (κ2) is 6.55. The molecule has 0 amide bonds. The molecule has 1 N–H and O–H groups in total. The number of oxazole rings is 1. The summed E-state index contributed by atoms with van der Waals surface area (Å²) in [6, 6.07) is 0. The Morgan fingerprint density at radius 1 is 1.23 bits per heavy atom. The fourth-order valence-corrected chi connectivity index (χ4v) is 2.57. The molecular weight excluding hydrogens is 299 g/mol. The first-order valence-electron chi connectivity index (χ1n) is 7.38. The van der Waals surface area contributed by atoms with Crippen LogP contribution in [-0.4, -0.2) is 64.4 Å². The molecule has 1 aromatic rings. The van der Waals surface area contributed by atoms with Crippen molar-refractivity contribution < 1.29 is 22.7 Å². The smallest absolute Gasteiger partial charge is 0.418 e. The summed E-state index contributed by atoms with van der Waals surface area (Å²) in [6.07, 6.45) is -3.54. The van der Waals surface area contributed by atoms with Crippen LogP contribution in [0.4, 0.5) is 13.2 Å². The summed E-state index contributed by atoms with van der Waals surface area (Å²) in [7, 11) is 0. The number of aromatic nitrogens is 1. The van der Waals surface area contributed by atoms with Gasteiger partial charge in [-0.25, -0.2) is 4.98 Å². The van der Waals surface area contributed by atoms with Crippen molar-refractivity contribution >= 4 is 0 Å². The number of hydrogen-bond donors (Lipinski definition) is 1. The van der Waals surface area contributed by atoms with Gasteiger partial charge < -0.3 is 9.52 Å². The summed E-state index contributed by atoms with van der Waals surface area (Å²) in [5.74, 6) is 0.764. The minimum Gasteiger partial charge on any atom is -0.448 e. The highest BCUT2D eigenvalue weighted by atomic mass is 19.4. The molecule has 2 heterocycles. The average Bonchev–Trinajstić information content (AvgIpc) is 2.85. The largest absolute Gasteiger partial charge is 0.448 e. The molecule has 0 aliphatic carbocycles. The molecule has 22 heavy (non-hydrogen) atoms. The van der Waals surface area contributed by atoms with Gasteiger partial charge in [-0.2, -0.15) is 13.2 Å². The average molecular weight is 321 g/mol. The number of aliphatic hydroxyl groups is 1. The fourth-order valence-electron chi connectivity index (χ4n) is 2.57. The van der Waals surface area contributed by atoms with Gasteiger partial charge in [0.2, 0.25) is 0 Å². The van der Waals surface area contributed by atoms with Crippen LogP contribution in [-0.2, 0) is 6.54 Å². The second-order valence-electron chi connectivity index (χ2n) is 5.79. The number of rotatable bonds is 5. The normalized spacial score (nSPS) is 21.0. The first-order valence-corrected chi connectivity index (χ1v) is 7.38. The lowest BCUT2D eigenvalue weighted by atomic mass is 9.99. The molecule has 8 heteroatoms. The van der Waals surface area contributed by atoms with Crippen LogP contribution in [0, 0.1) is 6.92 Å². The molecule has 1 unspecified atom stereocenters. The standard InChI is InChI=1S/C14H22F3N3O2/c1-3-13(21,14(15,16)17)9-20-6-4-19(5-7-20)8-12-11(2)22-10-18-12/h10,21H,3-9H2,1-2H3. The number of halogens is 3. The van der Waals surface area contributed by atoms with Crippen LogP contribution < -0.4 is 0 Å². The predicted molar refractivity (Wildman–Crippen MR) is 74.3 cm³/mol. The SMILES string of the molecule is CCC(O)(CN1CCN(Cc2ncoc2C)CC1)C(F)(F)F. The van der Waals surface area contributed by atoms with Crippen molar-refractivity contribution in [2.75, 3.05) is 32.7 Å². The van der Waals surface area contributed by atoms with Crippen LogP contribution in [0.1, 0.15) is 24.8 Å². The van der Waals surface area contributed by atoms with E-state index in [1.165, 1.54) is 13.3 Å². The van der Waals surface area contributed by atoms with Crippen molar-refractivity contribution in [3.8, 4) is 0 Å². The minimum atomic E-state index is -4.60. The van der Waals surface area contributed by atoms with Gasteiger partial charge in [0.1, 0.15) is 5.76 Å². The van der Waals surface area contributed by atoms with Gasteiger partial charge in [-0.05, 0) is 13.3 Å². The molecule has 0 saturated carbocycles. The molecule has 1 aliphatic heterocycles. The minimum absolute atomic E-state index is 0.338. The van der Waals surface area contributed by atoms with Gasteiger partial charge in [0.15, 0.2) is 12.0 Å². The molecular formula is C14H22F3N3O2. The van der Waals surface area contributed by atoms with Gasteiger partial charge in [-0.3, -0.25) is 9.80 Å². The Labute approximate surface area is 127 Å². The van der Waals surface area contributed by atoms with E-state index in [0.717, 1.165) is 11.5 Å². The number of piperazine rings is 1. The van der Waals surface area contributed by atoms with E-state index in [1.807, 2.05) is 6.92 Å². The van der Waals surface area contributed by atoms with Crippen molar-refractivity contribution in [1.82, 2.24) is 14.8 Å². The van der Waals surface area contributed by atoms with Gasteiger partial charge in [0, 0.05) is 39.3 Å². The summed E-state index contributed by atoms with van der Waals surface area (Å²) in [5.41, 5.74) is -1.77. The fraction of sp³-hybridized carbons (Fsp3) is 0.786. The summed E-state index contributed by atoms with van der Waals surface area (Å²) in [4.78, 5) is 7.92. The zero-order valence-corrected chi connectivity index (χ0v) is 12.9. The summed E-state index contributed by atoms with van der Waals surface area (Å²) < 4.78 is 43.9. The number of alkyl halides is 3. The number of aryl methyl sites for hydroxylation is 1. The molecule has 0 bridgehead atoms. The lowest BCUT2D eigenvalue weighted by Gasteiger charge is -2.39. The highest BCUT2D eigenvalue weighted by Crippen LogP contribution is 2.33. The Bertz CT molecular complexity index is 484. The van der Waals surface area contributed by atoms with Crippen LogP contribution in [0.2, 0.25) is 0 Å². The zero-order chi connectivity index (χ0) is 16.4. The van der Waals surface area contributed by atoms with Crippen LogP contribution in [0.3, 0.4) is 0 Å². The van der Waals surface area contributed by atoms with E-state index in [4.69, 9.17) is 4.42 Å². The molecule has 1 atom stereocenters. The third kappa shape index (κ3) is 3.80. The number of nitrogens with zero attached hydrogens (tertiary/aromatic N) is 3. The summed E-state index contributed by atoms with van der Waals surface area (Å²) in [5, 5.41) is 9.82. The molecule has 1 fully saturated rings. The van der Waals surface area contributed by atoms with Gasteiger partial charge in [-0.15, -0.1) is 0 Å². The molecule has 0 spiro atoms. The Morgan fingerprint density at radius 2 is 1.82 bits per heavy atom. The molecule has 5 nitrogen and oxygen atoms in total. The first kappa shape index (κ1) is 17.2. The lowest BCUT2D eigenvalue weighted by molar-refractivity contribution is -0.266. The Hall–Kier alpha value is -1.12. The summed E-state index contributed by atoms with van der Waals surface area (Å²) in [6.45, 7) is 5.73. The van der Waals surface area contributed by atoms with Gasteiger partial charge in [0.25, 0.3) is 0 Å². The number of hydrogen-bond acceptors (Lipinski definition) is 5. The zero-order valence-electron chi connectivity index (χ0n) is 12.9. The van der Waals surface area contributed by atoms with Gasteiger partial charge in [-0.1, -0.05) is 6.92 Å². The Morgan fingerprint density at radius 3 is 2.27 bits per heavy atom. The molecule has 1 saturated heterocycles. The highest BCUT2D eigenvalue weighted by Gasteiger charge is 2.53. The van der Waals surface area contributed by atoms with Crippen LogP contribution in [0.5, 0.6) is 0 Å². The van der Waals surface area contributed by atoms with Crippen LogP contribution in [0.15, 0.2) is 10.8 Å². The topological polar surface area (TPSA) is 52.7 Å². The second-order valence-corrected chi connectivity index (χ2v) is 5.79. The highest BCUT2D eigenvalue weighted by molar-refractivity contribution is 5.04. The predicted octanol–water partition coefficient (Wildman–Crippen LogP) is 1.80. The third-order valence-electron chi connectivity index (χ3n) is 4.28. The van der Waals surface area contributed by atoms with Gasteiger partial charge >= 0.3 is 6.18 Å². The first-order chi connectivity index (χ1) is 10.2. The van der Waals surface area contributed by atoms with Gasteiger partial charge in [0.05, 0.1) is 5.69 Å². The lowest BCUT2D eigenvalue weighted by Crippen LogP contribution is -2.57. The van der Waals surface area contributed by atoms with E-state index in [2.05, 4.69) is 9.88 Å². The van der Waals surface area contributed by atoms with Crippen LogP contribution in [0.25, 0.3) is 0 Å². The molecule has 0 radical (unpaired) electrons. The van der Waals surface area contributed by atoms with E-state index in [0.29, 0.717) is 32.7 Å². The molecule has 2 rings (SSSR count). The molecule has 0 aromatic carbocycles. The molecule has 1 aliphatic rings. The quantitative estimate of drug-likeness (QED) is 0.896. The molecule has 1 aromatic heterocycles. The monoisotopic (exact) mass is 321 g/mol. The van der Waals surface area contributed by atoms with Crippen molar-refractivity contribution in [3.63, 3.8) is 0 Å². The van der Waals surface area contributed by atoms with E-state index < -0.39 is 11.8 Å². The summed E-state index contributed by atoms with van der Waals surface area (Å²) >= 11 is 0. The maximum atomic E-state index is 12.9. The van der Waals surface area contributed by atoms with E-state index in [1.54, 1.807) is 4.90 Å². The molecule has 126 valence electrons. The van der Waals surface area contributed by atoms with E-state index in [9.17, 15) is 18.3 Å². The van der Waals surface area contributed by atoms with E-state index in [-0.39, 0.29) is 13.0 Å². The van der Waals surface area contributed by atoms with Crippen molar-refractivity contribution in [2.45, 2.75) is 38.6 Å². The van der Waals surface area contributed by atoms with Crippen LogP contribution >= 0.6 is 0 Å². The Balaban J connectivity index is 1.86. The van der Waals surface area contributed by atoms with Crippen molar-refractivity contribution in [3.05, 3.63) is 17.8 Å². The number of β-amino-alcohol motifs (C(OH)–C–C–N with tert-alkyl or cyclic N) is 1. The maximum Gasteiger partial charge on any atom is 0.418 e.